The molecular formula is C20H24N4O3. The van der Waals surface area contributed by atoms with Gasteiger partial charge in [-0.05, 0) is 11.6 Å². The molecule has 27 heavy (non-hydrogen) atoms. The maximum absolute atomic E-state index is 12.8. The molecule has 7 nitrogen and oxygen atoms in total. The molecule has 142 valence electrons. The first-order valence-electron chi connectivity index (χ1n) is 8.95. The van der Waals surface area contributed by atoms with Crippen molar-refractivity contribution in [2.24, 2.45) is 7.05 Å². The number of pyridine rings is 1. The van der Waals surface area contributed by atoms with Crippen molar-refractivity contribution in [1.82, 2.24) is 19.7 Å². The molecule has 7 heteroatoms. The number of nitrogens with zero attached hydrogens (tertiary/aromatic N) is 3. The average Bonchev–Trinajstić information content (AvgIpc) is 2.70. The highest BCUT2D eigenvalue weighted by Gasteiger charge is 2.34. The summed E-state index contributed by atoms with van der Waals surface area (Å²) in [4.78, 5) is 40.6. The first-order valence-corrected chi connectivity index (χ1v) is 8.95. The van der Waals surface area contributed by atoms with E-state index in [1.807, 2.05) is 30.3 Å². The zero-order chi connectivity index (χ0) is 19.4. The molecule has 1 aromatic heterocycles. The van der Waals surface area contributed by atoms with Crippen LogP contribution >= 0.6 is 0 Å². The van der Waals surface area contributed by atoms with E-state index in [-0.39, 0.29) is 17.4 Å². The van der Waals surface area contributed by atoms with Gasteiger partial charge in [-0.15, -0.1) is 0 Å². The van der Waals surface area contributed by atoms with Crippen LogP contribution in [0.4, 0.5) is 0 Å². The molecule has 1 saturated heterocycles. The number of benzene rings is 1. The largest absolute Gasteiger partial charge is 0.358 e. The molecule has 0 spiro atoms. The van der Waals surface area contributed by atoms with Crippen LogP contribution in [0.2, 0.25) is 0 Å². The topological polar surface area (TPSA) is 74.6 Å². The van der Waals surface area contributed by atoms with E-state index in [9.17, 15) is 14.4 Å². The van der Waals surface area contributed by atoms with E-state index in [1.165, 1.54) is 22.9 Å². The number of likely N-dealkylation sites (N-methyl/N-ethyl adjacent to an activating group) is 1. The number of carbonyl (C=O) groups is 2. The molecule has 2 amide bonds. The van der Waals surface area contributed by atoms with Crippen molar-refractivity contribution in [3.05, 3.63) is 70.1 Å². The molecule has 3 rings (SSSR count). The SMILES string of the molecule is CNC(=O)C1CN(C(=O)c2ccc(=O)n(C)c2)CCN1Cc1ccccc1. The Kier molecular flexibility index (Phi) is 5.71. The molecule has 1 N–H and O–H groups in total. The predicted molar refractivity (Wildman–Crippen MR) is 102 cm³/mol. The van der Waals surface area contributed by atoms with Gasteiger partial charge < -0.3 is 14.8 Å². The molecule has 1 aromatic carbocycles. The van der Waals surface area contributed by atoms with Gasteiger partial charge in [-0.3, -0.25) is 19.3 Å². The normalized spacial score (nSPS) is 17.6. The Morgan fingerprint density at radius 3 is 2.52 bits per heavy atom. The molecule has 2 heterocycles. The molecule has 0 saturated carbocycles. The van der Waals surface area contributed by atoms with Crippen molar-refractivity contribution < 1.29 is 9.59 Å². The number of rotatable bonds is 4. The van der Waals surface area contributed by atoms with Gasteiger partial charge in [0.15, 0.2) is 0 Å². The quantitative estimate of drug-likeness (QED) is 0.851. The fourth-order valence-corrected chi connectivity index (χ4v) is 3.33. The van der Waals surface area contributed by atoms with Gasteiger partial charge in [0.05, 0.1) is 5.56 Å². The Balaban J connectivity index is 1.77. The third-order valence-corrected chi connectivity index (χ3v) is 4.89. The van der Waals surface area contributed by atoms with Gasteiger partial charge >= 0.3 is 0 Å². The van der Waals surface area contributed by atoms with Gasteiger partial charge in [-0.2, -0.15) is 0 Å². The Labute approximate surface area is 158 Å². The smallest absolute Gasteiger partial charge is 0.255 e. The monoisotopic (exact) mass is 368 g/mol. The minimum absolute atomic E-state index is 0.108. The molecule has 0 bridgehead atoms. The van der Waals surface area contributed by atoms with Crippen molar-refractivity contribution in [2.75, 3.05) is 26.7 Å². The maximum Gasteiger partial charge on any atom is 0.255 e. The zero-order valence-corrected chi connectivity index (χ0v) is 15.6. The number of aromatic nitrogens is 1. The molecule has 1 fully saturated rings. The lowest BCUT2D eigenvalue weighted by Gasteiger charge is -2.40. The van der Waals surface area contributed by atoms with E-state index < -0.39 is 6.04 Å². The lowest BCUT2D eigenvalue weighted by Crippen LogP contribution is -2.59. The van der Waals surface area contributed by atoms with E-state index in [0.29, 0.717) is 31.7 Å². The highest BCUT2D eigenvalue weighted by molar-refractivity contribution is 5.94. The van der Waals surface area contributed by atoms with Gasteiger partial charge in [-0.25, -0.2) is 0 Å². The molecule has 1 atom stereocenters. The predicted octanol–water partition coefficient (Wildman–Crippen LogP) is 0.458. The summed E-state index contributed by atoms with van der Waals surface area (Å²) in [5, 5.41) is 2.70. The van der Waals surface area contributed by atoms with Crippen molar-refractivity contribution in [2.45, 2.75) is 12.6 Å². The van der Waals surface area contributed by atoms with Crippen molar-refractivity contribution in [1.29, 1.82) is 0 Å². The highest BCUT2D eigenvalue weighted by Crippen LogP contribution is 2.16. The van der Waals surface area contributed by atoms with Crippen LogP contribution in [0.1, 0.15) is 15.9 Å². The van der Waals surface area contributed by atoms with Crippen LogP contribution in [-0.4, -0.2) is 58.9 Å². The van der Waals surface area contributed by atoms with E-state index in [0.717, 1.165) is 5.56 Å². The average molecular weight is 368 g/mol. The van der Waals surface area contributed by atoms with Crippen molar-refractivity contribution >= 4 is 11.8 Å². The summed E-state index contributed by atoms with van der Waals surface area (Å²) in [6.45, 7) is 2.10. The zero-order valence-electron chi connectivity index (χ0n) is 15.6. The molecule has 2 aromatic rings. The third kappa shape index (κ3) is 4.25. The summed E-state index contributed by atoms with van der Waals surface area (Å²) < 4.78 is 1.38. The van der Waals surface area contributed by atoms with Crippen molar-refractivity contribution in [3.8, 4) is 0 Å². The highest BCUT2D eigenvalue weighted by atomic mass is 16.2. The van der Waals surface area contributed by atoms with Gasteiger partial charge in [0.25, 0.3) is 5.91 Å². The Bertz CT molecular complexity index is 878. The first kappa shape index (κ1) is 18.8. The first-order chi connectivity index (χ1) is 13.0. The second-order valence-corrected chi connectivity index (χ2v) is 6.70. The Hall–Kier alpha value is -2.93. The number of carbonyl (C=O) groups excluding carboxylic acids is 2. The molecular weight excluding hydrogens is 344 g/mol. The summed E-state index contributed by atoms with van der Waals surface area (Å²) in [6, 6.07) is 12.5. The summed E-state index contributed by atoms with van der Waals surface area (Å²) in [5.74, 6) is -0.275. The molecule has 1 unspecified atom stereocenters. The van der Waals surface area contributed by atoms with E-state index in [1.54, 1.807) is 19.0 Å². The third-order valence-electron chi connectivity index (χ3n) is 4.89. The summed E-state index contributed by atoms with van der Waals surface area (Å²) in [5.41, 5.74) is 1.41. The van der Waals surface area contributed by atoms with Crippen LogP contribution in [-0.2, 0) is 18.4 Å². The number of nitrogens with one attached hydrogen (secondary N) is 1. The molecule has 1 aliphatic rings. The molecule has 0 radical (unpaired) electrons. The van der Waals surface area contributed by atoms with Crippen LogP contribution in [0.5, 0.6) is 0 Å². The number of amides is 2. The van der Waals surface area contributed by atoms with Crippen LogP contribution in [0.15, 0.2) is 53.5 Å². The maximum atomic E-state index is 12.8. The Morgan fingerprint density at radius 2 is 1.85 bits per heavy atom. The van der Waals surface area contributed by atoms with Gasteiger partial charge in [0.2, 0.25) is 11.5 Å². The second kappa shape index (κ2) is 8.18. The fourth-order valence-electron chi connectivity index (χ4n) is 3.33. The Morgan fingerprint density at radius 1 is 1.11 bits per heavy atom. The van der Waals surface area contributed by atoms with Crippen molar-refractivity contribution in [3.63, 3.8) is 0 Å². The minimum atomic E-state index is -0.416. The summed E-state index contributed by atoms with van der Waals surface area (Å²) >= 11 is 0. The number of aryl methyl sites for hydroxylation is 1. The van der Waals surface area contributed by atoms with Crippen LogP contribution in [0.3, 0.4) is 0 Å². The van der Waals surface area contributed by atoms with E-state index in [4.69, 9.17) is 0 Å². The molecule has 1 aliphatic heterocycles. The van der Waals surface area contributed by atoms with Gasteiger partial charge in [0.1, 0.15) is 6.04 Å². The van der Waals surface area contributed by atoms with Gasteiger partial charge in [-0.1, -0.05) is 30.3 Å². The van der Waals surface area contributed by atoms with E-state index >= 15 is 0 Å². The molecule has 0 aliphatic carbocycles. The van der Waals surface area contributed by atoms with Crippen LogP contribution in [0.25, 0.3) is 0 Å². The number of hydrogen-bond acceptors (Lipinski definition) is 4. The van der Waals surface area contributed by atoms with Crippen LogP contribution < -0.4 is 10.9 Å². The number of piperazine rings is 1. The minimum Gasteiger partial charge on any atom is -0.358 e. The lowest BCUT2D eigenvalue weighted by atomic mass is 10.1. The standard InChI is InChI=1S/C20H24N4O3/c1-21-19(26)17-14-24(20(27)16-8-9-18(25)22(2)13-16)11-10-23(17)12-15-6-4-3-5-7-15/h3-9,13,17H,10-12,14H2,1-2H3,(H,21,26). The summed E-state index contributed by atoms with van der Waals surface area (Å²) in [7, 11) is 3.22. The number of hydrogen-bond donors (Lipinski definition) is 1. The fraction of sp³-hybridized carbons (Fsp3) is 0.350. The lowest BCUT2D eigenvalue weighted by molar-refractivity contribution is -0.128. The van der Waals surface area contributed by atoms with Crippen LogP contribution in [0, 0.1) is 0 Å². The van der Waals surface area contributed by atoms with E-state index in [2.05, 4.69) is 10.2 Å². The van der Waals surface area contributed by atoms with Gasteiger partial charge in [0, 0.05) is 52.5 Å². The summed E-state index contributed by atoms with van der Waals surface area (Å²) in [6.07, 6.45) is 1.54. The second-order valence-electron chi connectivity index (χ2n) is 6.70.